The molecule has 0 spiro atoms. The molecule has 2 heteroatoms. The Morgan fingerprint density at radius 2 is 1.59 bits per heavy atom. The van der Waals surface area contributed by atoms with Crippen LogP contribution in [0.4, 0.5) is 0 Å². The van der Waals surface area contributed by atoms with Crippen LogP contribution >= 0.6 is 0 Å². The Hall–Kier alpha value is -1.57. The normalized spacial score (nSPS) is 11.3. The van der Waals surface area contributed by atoms with E-state index in [2.05, 4.69) is 62.7 Å². The largest absolute Gasteiger partial charge is 0.266 e. The van der Waals surface area contributed by atoms with Crippen molar-refractivity contribution in [2.24, 2.45) is 0 Å². The Morgan fingerprint density at radius 1 is 0.955 bits per heavy atom. The predicted octanol–water partition coefficient (Wildman–Crippen LogP) is 5.82. The van der Waals surface area contributed by atoms with E-state index in [1.54, 1.807) is 0 Å². The van der Waals surface area contributed by atoms with Gasteiger partial charge in [0.25, 0.3) is 0 Å². The Balaban J connectivity index is 2.53. The fourth-order valence-electron chi connectivity index (χ4n) is 2.99. The molecule has 0 aliphatic heterocycles. The molecule has 0 aliphatic rings. The van der Waals surface area contributed by atoms with Gasteiger partial charge >= 0.3 is 0 Å². The number of hydrogen-bond donors (Lipinski definition) is 0. The molecule has 0 amide bonds. The molecular weight excluding hydrogens is 268 g/mol. The lowest BCUT2D eigenvalue weighted by Crippen LogP contribution is -2.08. The Morgan fingerprint density at radius 3 is 2.18 bits per heavy atom. The number of aromatic nitrogens is 2. The highest BCUT2D eigenvalue weighted by Gasteiger charge is 2.19. The molecule has 120 valence electrons. The van der Waals surface area contributed by atoms with Gasteiger partial charge in [-0.2, -0.15) is 5.10 Å². The zero-order chi connectivity index (χ0) is 15.9. The van der Waals surface area contributed by atoms with Crippen LogP contribution in [0, 0.1) is 0 Å². The van der Waals surface area contributed by atoms with Gasteiger partial charge in [0.2, 0.25) is 0 Å². The lowest BCUT2D eigenvalue weighted by molar-refractivity contribution is 0.499. The monoisotopic (exact) mass is 298 g/mol. The standard InChI is InChI=1S/C20H30N2/c1-5-7-14-18-20(17-12-10-9-11-13-17)19(15-8-6-2)22(21-18)16(3)4/h9-13,16H,5-8,14-15H2,1-4H3. The summed E-state index contributed by atoms with van der Waals surface area (Å²) in [5.41, 5.74) is 5.44. The van der Waals surface area contributed by atoms with E-state index in [-0.39, 0.29) is 0 Å². The summed E-state index contributed by atoms with van der Waals surface area (Å²) < 4.78 is 2.27. The summed E-state index contributed by atoms with van der Waals surface area (Å²) in [5.74, 6) is 0. The third kappa shape index (κ3) is 3.79. The number of benzene rings is 1. The molecule has 2 rings (SSSR count). The Bertz CT molecular complexity index is 567. The van der Waals surface area contributed by atoms with Gasteiger partial charge in [-0.3, -0.25) is 4.68 Å². The first-order chi connectivity index (χ1) is 10.7. The van der Waals surface area contributed by atoms with Crippen LogP contribution in [0.3, 0.4) is 0 Å². The summed E-state index contributed by atoms with van der Waals surface area (Å²) in [5, 5.41) is 4.99. The van der Waals surface area contributed by atoms with Crippen LogP contribution in [-0.2, 0) is 12.8 Å². The van der Waals surface area contributed by atoms with Crippen molar-refractivity contribution in [2.75, 3.05) is 0 Å². The van der Waals surface area contributed by atoms with Crippen LogP contribution in [0.25, 0.3) is 11.1 Å². The van der Waals surface area contributed by atoms with Crippen molar-refractivity contribution < 1.29 is 0 Å². The van der Waals surface area contributed by atoms with Gasteiger partial charge in [-0.1, -0.05) is 57.0 Å². The zero-order valence-corrected chi connectivity index (χ0v) is 14.6. The van der Waals surface area contributed by atoms with E-state index in [1.165, 1.54) is 48.2 Å². The van der Waals surface area contributed by atoms with Crippen LogP contribution in [-0.4, -0.2) is 9.78 Å². The molecule has 0 aliphatic carbocycles. The molecule has 2 nitrogen and oxygen atoms in total. The minimum absolute atomic E-state index is 0.421. The maximum atomic E-state index is 4.99. The van der Waals surface area contributed by atoms with Gasteiger partial charge in [-0.25, -0.2) is 0 Å². The molecule has 0 N–H and O–H groups in total. The molecule has 0 saturated heterocycles. The SMILES string of the molecule is CCCCc1nn(C(C)C)c(CCCC)c1-c1ccccc1. The zero-order valence-electron chi connectivity index (χ0n) is 14.6. The second-order valence-electron chi connectivity index (χ2n) is 6.38. The summed E-state index contributed by atoms with van der Waals surface area (Å²) in [7, 11) is 0. The summed E-state index contributed by atoms with van der Waals surface area (Å²) >= 11 is 0. The molecule has 1 aromatic heterocycles. The number of unbranched alkanes of at least 4 members (excludes halogenated alkanes) is 2. The number of hydrogen-bond acceptors (Lipinski definition) is 1. The van der Waals surface area contributed by atoms with Gasteiger partial charge in [0, 0.05) is 17.3 Å². The summed E-state index contributed by atoms with van der Waals surface area (Å²) in [6.07, 6.45) is 7.08. The number of rotatable bonds is 8. The van der Waals surface area contributed by atoms with E-state index in [4.69, 9.17) is 5.10 Å². The van der Waals surface area contributed by atoms with Crippen molar-refractivity contribution in [1.82, 2.24) is 9.78 Å². The quantitative estimate of drug-likeness (QED) is 0.600. The first-order valence-corrected chi connectivity index (χ1v) is 8.84. The van der Waals surface area contributed by atoms with Gasteiger partial charge in [0.1, 0.15) is 0 Å². The molecule has 0 saturated carbocycles. The summed E-state index contributed by atoms with van der Waals surface area (Å²) in [6, 6.07) is 11.2. The fraction of sp³-hybridized carbons (Fsp3) is 0.550. The van der Waals surface area contributed by atoms with Crippen molar-refractivity contribution in [3.63, 3.8) is 0 Å². The Kier molecular flexibility index (Phi) is 6.23. The van der Waals surface area contributed by atoms with E-state index in [0.717, 1.165) is 12.8 Å². The highest BCUT2D eigenvalue weighted by molar-refractivity contribution is 5.69. The van der Waals surface area contributed by atoms with Crippen LogP contribution in [0.5, 0.6) is 0 Å². The van der Waals surface area contributed by atoms with Crippen molar-refractivity contribution in [3.8, 4) is 11.1 Å². The molecule has 0 radical (unpaired) electrons. The van der Waals surface area contributed by atoms with E-state index in [1.807, 2.05) is 0 Å². The van der Waals surface area contributed by atoms with E-state index < -0.39 is 0 Å². The van der Waals surface area contributed by atoms with Crippen LogP contribution in [0.1, 0.15) is 70.8 Å². The third-order valence-electron chi connectivity index (χ3n) is 4.17. The molecular formula is C20H30N2. The van der Waals surface area contributed by atoms with Crippen molar-refractivity contribution >= 4 is 0 Å². The third-order valence-corrected chi connectivity index (χ3v) is 4.17. The summed E-state index contributed by atoms with van der Waals surface area (Å²) in [6.45, 7) is 8.98. The van der Waals surface area contributed by atoms with E-state index >= 15 is 0 Å². The predicted molar refractivity (Wildman–Crippen MR) is 95.3 cm³/mol. The second-order valence-corrected chi connectivity index (χ2v) is 6.38. The maximum Gasteiger partial charge on any atom is 0.0706 e. The van der Waals surface area contributed by atoms with Gasteiger partial charge in [-0.05, 0) is 45.1 Å². The van der Waals surface area contributed by atoms with Gasteiger partial charge in [0.05, 0.1) is 5.69 Å². The number of nitrogens with zero attached hydrogens (tertiary/aromatic N) is 2. The first kappa shape index (κ1) is 16.8. The minimum atomic E-state index is 0.421. The topological polar surface area (TPSA) is 17.8 Å². The van der Waals surface area contributed by atoms with Gasteiger partial charge in [0.15, 0.2) is 0 Å². The molecule has 22 heavy (non-hydrogen) atoms. The molecule has 0 unspecified atom stereocenters. The Labute approximate surface area is 135 Å². The van der Waals surface area contributed by atoms with Crippen molar-refractivity contribution in [3.05, 3.63) is 41.7 Å². The lowest BCUT2D eigenvalue weighted by Gasteiger charge is -2.12. The van der Waals surface area contributed by atoms with Crippen molar-refractivity contribution in [2.45, 2.75) is 72.3 Å². The fourth-order valence-corrected chi connectivity index (χ4v) is 2.99. The molecule has 0 fully saturated rings. The van der Waals surface area contributed by atoms with Gasteiger partial charge in [-0.15, -0.1) is 0 Å². The summed E-state index contributed by atoms with van der Waals surface area (Å²) in [4.78, 5) is 0. The average molecular weight is 298 g/mol. The van der Waals surface area contributed by atoms with Crippen molar-refractivity contribution in [1.29, 1.82) is 0 Å². The molecule has 1 aromatic carbocycles. The van der Waals surface area contributed by atoms with Crippen LogP contribution < -0.4 is 0 Å². The average Bonchev–Trinajstić information content (AvgIpc) is 2.90. The minimum Gasteiger partial charge on any atom is -0.266 e. The van der Waals surface area contributed by atoms with Gasteiger partial charge < -0.3 is 0 Å². The molecule has 2 aromatic rings. The molecule has 0 atom stereocenters. The molecule has 0 bridgehead atoms. The van der Waals surface area contributed by atoms with E-state index in [9.17, 15) is 0 Å². The lowest BCUT2D eigenvalue weighted by atomic mass is 9.98. The maximum absolute atomic E-state index is 4.99. The highest BCUT2D eigenvalue weighted by atomic mass is 15.3. The van der Waals surface area contributed by atoms with E-state index in [0.29, 0.717) is 6.04 Å². The second kappa shape index (κ2) is 8.17. The molecule has 1 heterocycles. The van der Waals surface area contributed by atoms with Crippen LogP contribution in [0.2, 0.25) is 0 Å². The number of aryl methyl sites for hydroxylation is 1. The highest BCUT2D eigenvalue weighted by Crippen LogP contribution is 2.31. The first-order valence-electron chi connectivity index (χ1n) is 8.84. The van der Waals surface area contributed by atoms with Crippen LogP contribution in [0.15, 0.2) is 30.3 Å². The smallest absolute Gasteiger partial charge is 0.0706 e.